The molecular weight excluding hydrogens is 432 g/mol. The quantitative estimate of drug-likeness (QED) is 0.244. The van der Waals surface area contributed by atoms with Gasteiger partial charge in [-0.2, -0.15) is 0 Å². The van der Waals surface area contributed by atoms with Crippen LogP contribution in [0.25, 0.3) is 0 Å². The highest BCUT2D eigenvalue weighted by atomic mass is 16.5. The Hall–Kier alpha value is -3.64. The summed E-state index contributed by atoms with van der Waals surface area (Å²) in [5, 5.41) is 9.86. The lowest BCUT2D eigenvalue weighted by atomic mass is 10.0. The van der Waals surface area contributed by atoms with Crippen molar-refractivity contribution >= 4 is 11.8 Å². The summed E-state index contributed by atoms with van der Waals surface area (Å²) >= 11 is 0. The second-order valence-corrected chi connectivity index (χ2v) is 7.81. The minimum absolute atomic E-state index is 0.0156. The van der Waals surface area contributed by atoms with E-state index in [1.165, 1.54) is 7.11 Å². The van der Waals surface area contributed by atoms with Gasteiger partial charge in [0.1, 0.15) is 11.5 Å². The van der Waals surface area contributed by atoms with Crippen LogP contribution >= 0.6 is 0 Å². The number of ketones is 1. The summed E-state index contributed by atoms with van der Waals surface area (Å²) in [5.74, 6) is 0.823. The maximum Gasteiger partial charge on any atom is 0.335 e. The Balaban J connectivity index is 1.44. The van der Waals surface area contributed by atoms with Crippen molar-refractivity contribution in [1.29, 1.82) is 0 Å². The molecule has 0 fully saturated rings. The van der Waals surface area contributed by atoms with Gasteiger partial charge in [0.05, 0.1) is 20.3 Å². The molecule has 3 aromatic carbocycles. The maximum absolute atomic E-state index is 12.5. The van der Waals surface area contributed by atoms with E-state index in [-0.39, 0.29) is 12.2 Å². The third-order valence-electron chi connectivity index (χ3n) is 5.38. The van der Waals surface area contributed by atoms with Crippen molar-refractivity contribution in [2.24, 2.45) is 0 Å². The first-order valence-electron chi connectivity index (χ1n) is 11.3. The van der Waals surface area contributed by atoms with Gasteiger partial charge in [0.25, 0.3) is 0 Å². The monoisotopic (exact) mass is 462 g/mol. The van der Waals surface area contributed by atoms with E-state index < -0.39 is 12.1 Å². The first-order valence-corrected chi connectivity index (χ1v) is 11.3. The molecule has 34 heavy (non-hydrogen) atoms. The van der Waals surface area contributed by atoms with Gasteiger partial charge >= 0.3 is 5.97 Å². The molecule has 0 bridgehead atoms. The molecule has 0 spiro atoms. The Kier molecular flexibility index (Phi) is 9.23. The molecule has 1 unspecified atom stereocenters. The zero-order valence-corrected chi connectivity index (χ0v) is 19.5. The summed E-state index contributed by atoms with van der Waals surface area (Å²) in [5.41, 5.74) is 3.14. The molecule has 0 aliphatic heterocycles. The Bertz CT molecular complexity index is 1080. The molecular formula is C28H30O6. The number of aliphatic hydroxyl groups is 1. The summed E-state index contributed by atoms with van der Waals surface area (Å²) in [7, 11) is 1.26. The van der Waals surface area contributed by atoms with Crippen molar-refractivity contribution in [2.75, 3.05) is 20.3 Å². The van der Waals surface area contributed by atoms with E-state index in [9.17, 15) is 14.7 Å². The van der Waals surface area contributed by atoms with Gasteiger partial charge in [0, 0.05) is 24.0 Å². The fraction of sp³-hybridized carbons (Fsp3) is 0.286. The SMILES string of the molecule is CCc1cc(CC(O)C(=O)OC)ccc1OCCCOc1ccc(C(=O)c2ccccc2)cc1. The van der Waals surface area contributed by atoms with E-state index in [0.29, 0.717) is 36.5 Å². The summed E-state index contributed by atoms with van der Waals surface area (Å²) < 4.78 is 16.3. The number of aliphatic hydroxyl groups excluding tert-OH is 1. The molecule has 6 nitrogen and oxygen atoms in total. The molecule has 1 atom stereocenters. The van der Waals surface area contributed by atoms with Crippen molar-refractivity contribution in [1.82, 2.24) is 0 Å². The van der Waals surface area contributed by atoms with Crippen molar-refractivity contribution in [2.45, 2.75) is 32.3 Å². The van der Waals surface area contributed by atoms with Gasteiger partial charge in [-0.25, -0.2) is 4.79 Å². The Morgan fingerprint density at radius 2 is 1.56 bits per heavy atom. The van der Waals surface area contributed by atoms with Crippen molar-refractivity contribution in [3.8, 4) is 11.5 Å². The van der Waals surface area contributed by atoms with Crippen molar-refractivity contribution in [3.05, 3.63) is 95.1 Å². The van der Waals surface area contributed by atoms with Gasteiger partial charge in [-0.05, 0) is 47.9 Å². The standard InChI is InChI=1S/C28H30O6/c1-3-21-18-20(19-25(29)28(31)32-2)10-15-26(21)34-17-7-16-33-24-13-11-23(12-14-24)27(30)22-8-5-4-6-9-22/h4-6,8-15,18,25,29H,3,7,16-17,19H2,1-2H3. The number of ether oxygens (including phenoxy) is 3. The maximum atomic E-state index is 12.5. The van der Waals surface area contributed by atoms with Crippen LogP contribution in [0.2, 0.25) is 0 Å². The van der Waals surface area contributed by atoms with Gasteiger partial charge in [-0.1, -0.05) is 49.4 Å². The van der Waals surface area contributed by atoms with Crippen LogP contribution in [-0.2, 0) is 22.4 Å². The minimum atomic E-state index is -1.18. The molecule has 3 rings (SSSR count). The predicted octanol–water partition coefficient (Wildman–Crippen LogP) is 4.40. The van der Waals surface area contributed by atoms with E-state index in [1.54, 1.807) is 36.4 Å². The highest BCUT2D eigenvalue weighted by molar-refractivity contribution is 6.08. The highest BCUT2D eigenvalue weighted by Crippen LogP contribution is 2.22. The summed E-state index contributed by atoms with van der Waals surface area (Å²) in [6.45, 7) is 3.00. The molecule has 0 heterocycles. The van der Waals surface area contributed by atoms with E-state index in [1.807, 2.05) is 43.3 Å². The minimum Gasteiger partial charge on any atom is -0.493 e. The molecule has 0 amide bonds. The molecule has 0 saturated heterocycles. The third-order valence-corrected chi connectivity index (χ3v) is 5.38. The van der Waals surface area contributed by atoms with Crippen LogP contribution in [0.4, 0.5) is 0 Å². The van der Waals surface area contributed by atoms with Crippen molar-refractivity contribution < 1.29 is 28.9 Å². The molecule has 3 aromatic rings. The average molecular weight is 463 g/mol. The number of hydrogen-bond acceptors (Lipinski definition) is 6. The Labute approximate surface area is 200 Å². The Morgan fingerprint density at radius 1 is 0.882 bits per heavy atom. The molecule has 0 aliphatic rings. The number of rotatable bonds is 12. The molecule has 1 N–H and O–H groups in total. The number of hydrogen-bond donors (Lipinski definition) is 1. The summed E-state index contributed by atoms with van der Waals surface area (Å²) in [6, 6.07) is 22.0. The van der Waals surface area contributed by atoms with Gasteiger partial charge in [-0.15, -0.1) is 0 Å². The average Bonchev–Trinajstić information content (AvgIpc) is 2.88. The molecule has 0 saturated carbocycles. The van der Waals surface area contributed by atoms with Gasteiger partial charge in [0.15, 0.2) is 11.9 Å². The van der Waals surface area contributed by atoms with Gasteiger partial charge in [0.2, 0.25) is 0 Å². The van der Waals surface area contributed by atoms with Gasteiger partial charge in [-0.3, -0.25) is 4.79 Å². The highest BCUT2D eigenvalue weighted by Gasteiger charge is 2.16. The molecule has 6 heteroatoms. The predicted molar refractivity (Wildman–Crippen MR) is 129 cm³/mol. The van der Waals surface area contributed by atoms with E-state index in [2.05, 4.69) is 4.74 Å². The Morgan fingerprint density at radius 3 is 2.24 bits per heavy atom. The van der Waals surface area contributed by atoms with Crippen LogP contribution in [0, 0.1) is 0 Å². The van der Waals surface area contributed by atoms with E-state index >= 15 is 0 Å². The lowest BCUT2D eigenvalue weighted by Crippen LogP contribution is -2.24. The second kappa shape index (κ2) is 12.6. The smallest absolute Gasteiger partial charge is 0.335 e. The number of benzene rings is 3. The van der Waals surface area contributed by atoms with Crippen LogP contribution in [0.3, 0.4) is 0 Å². The van der Waals surface area contributed by atoms with E-state index in [0.717, 1.165) is 23.3 Å². The summed E-state index contributed by atoms with van der Waals surface area (Å²) in [4.78, 5) is 23.9. The van der Waals surface area contributed by atoms with Crippen LogP contribution in [0.1, 0.15) is 40.4 Å². The molecule has 0 aliphatic carbocycles. The van der Waals surface area contributed by atoms with Crippen LogP contribution < -0.4 is 9.47 Å². The first-order chi connectivity index (χ1) is 16.5. The second-order valence-electron chi connectivity index (χ2n) is 7.81. The lowest BCUT2D eigenvalue weighted by Gasteiger charge is -2.14. The number of aryl methyl sites for hydroxylation is 1. The zero-order chi connectivity index (χ0) is 24.3. The zero-order valence-electron chi connectivity index (χ0n) is 19.5. The normalized spacial score (nSPS) is 11.5. The van der Waals surface area contributed by atoms with Crippen LogP contribution in [0.5, 0.6) is 11.5 Å². The lowest BCUT2D eigenvalue weighted by molar-refractivity contribution is -0.150. The number of esters is 1. The van der Waals surface area contributed by atoms with Crippen LogP contribution in [-0.4, -0.2) is 43.3 Å². The fourth-order valence-electron chi connectivity index (χ4n) is 3.51. The molecule has 178 valence electrons. The number of carbonyl (C=O) groups is 2. The molecule has 0 radical (unpaired) electrons. The van der Waals surface area contributed by atoms with Gasteiger partial charge < -0.3 is 19.3 Å². The van der Waals surface area contributed by atoms with E-state index in [4.69, 9.17) is 9.47 Å². The number of carbonyl (C=O) groups excluding carboxylic acids is 2. The fourth-order valence-corrected chi connectivity index (χ4v) is 3.51. The van der Waals surface area contributed by atoms with Crippen LogP contribution in [0.15, 0.2) is 72.8 Å². The largest absolute Gasteiger partial charge is 0.493 e. The molecule has 0 aromatic heterocycles. The first kappa shape index (κ1) is 25.0. The third kappa shape index (κ3) is 6.93. The topological polar surface area (TPSA) is 82.1 Å². The summed E-state index contributed by atoms with van der Waals surface area (Å²) in [6.07, 6.45) is 0.478. The number of methoxy groups -OCH3 is 1. The van der Waals surface area contributed by atoms with Crippen molar-refractivity contribution in [3.63, 3.8) is 0 Å².